The van der Waals surface area contributed by atoms with E-state index in [1.54, 1.807) is 23.4 Å². The van der Waals surface area contributed by atoms with Gasteiger partial charge >= 0.3 is 0 Å². The Morgan fingerprint density at radius 1 is 1.07 bits per heavy atom. The van der Waals surface area contributed by atoms with E-state index in [2.05, 4.69) is 15.0 Å². The summed E-state index contributed by atoms with van der Waals surface area (Å²) < 4.78 is 11.8. The molecule has 1 saturated heterocycles. The van der Waals surface area contributed by atoms with E-state index in [1.165, 1.54) is 12.4 Å². The third-order valence-electron chi connectivity index (χ3n) is 4.57. The van der Waals surface area contributed by atoms with Crippen molar-refractivity contribution >= 4 is 5.91 Å². The van der Waals surface area contributed by atoms with Crippen molar-refractivity contribution < 1.29 is 14.3 Å². The van der Waals surface area contributed by atoms with Crippen LogP contribution in [0.4, 0.5) is 0 Å². The van der Waals surface area contributed by atoms with E-state index in [1.807, 2.05) is 42.5 Å². The first-order valence-corrected chi connectivity index (χ1v) is 9.10. The van der Waals surface area contributed by atoms with Gasteiger partial charge in [0.1, 0.15) is 18.4 Å². The minimum atomic E-state index is -0.334. The van der Waals surface area contributed by atoms with Gasteiger partial charge in [0.15, 0.2) is 0 Å². The van der Waals surface area contributed by atoms with Gasteiger partial charge in [0.2, 0.25) is 5.88 Å². The summed E-state index contributed by atoms with van der Waals surface area (Å²) in [6.07, 6.45) is 5.90. The Hall–Kier alpha value is -3.32. The first-order valence-electron chi connectivity index (χ1n) is 9.10. The number of morpholine rings is 1. The minimum absolute atomic E-state index is 0.173. The van der Waals surface area contributed by atoms with Gasteiger partial charge in [0.25, 0.3) is 5.91 Å². The second-order valence-electron chi connectivity index (χ2n) is 6.33. The molecule has 1 aliphatic rings. The average molecular weight is 376 g/mol. The fraction of sp³-hybridized carbons (Fsp3) is 0.238. The second-order valence-corrected chi connectivity index (χ2v) is 6.33. The molecular weight excluding hydrogens is 356 g/mol. The Balaban J connectivity index is 1.60. The molecule has 4 rings (SSSR count). The van der Waals surface area contributed by atoms with Crippen molar-refractivity contribution in [3.63, 3.8) is 0 Å². The molecule has 7 heteroatoms. The molecule has 142 valence electrons. The van der Waals surface area contributed by atoms with Crippen molar-refractivity contribution in [2.45, 2.75) is 12.1 Å². The van der Waals surface area contributed by atoms with Gasteiger partial charge in [-0.05, 0) is 11.6 Å². The molecule has 1 fully saturated rings. The van der Waals surface area contributed by atoms with Crippen molar-refractivity contribution in [3.05, 3.63) is 84.6 Å². The molecule has 1 amide bonds. The number of pyridine rings is 1. The number of hydrogen-bond acceptors (Lipinski definition) is 6. The molecule has 3 aromatic rings. The zero-order valence-corrected chi connectivity index (χ0v) is 15.2. The van der Waals surface area contributed by atoms with E-state index >= 15 is 0 Å². The van der Waals surface area contributed by atoms with Crippen molar-refractivity contribution in [2.24, 2.45) is 0 Å². The Kier molecular flexibility index (Phi) is 5.53. The number of rotatable bonds is 5. The lowest BCUT2D eigenvalue weighted by Crippen LogP contribution is -2.50. The van der Waals surface area contributed by atoms with Crippen molar-refractivity contribution in [1.82, 2.24) is 19.9 Å². The third-order valence-corrected chi connectivity index (χ3v) is 4.57. The lowest BCUT2D eigenvalue weighted by molar-refractivity contribution is -0.0776. The first-order chi connectivity index (χ1) is 13.8. The molecule has 0 N–H and O–H groups in total. The number of ether oxygens (including phenoxy) is 2. The number of amides is 1. The fourth-order valence-electron chi connectivity index (χ4n) is 3.30. The number of carbonyl (C=O) groups is 1. The summed E-state index contributed by atoms with van der Waals surface area (Å²) in [6, 6.07) is 15.0. The van der Waals surface area contributed by atoms with Crippen LogP contribution in [0.2, 0.25) is 0 Å². The molecule has 2 aromatic heterocycles. The van der Waals surface area contributed by atoms with Gasteiger partial charge in [0.05, 0.1) is 18.8 Å². The zero-order valence-electron chi connectivity index (χ0n) is 15.2. The lowest BCUT2D eigenvalue weighted by atomic mass is 9.98. The highest BCUT2D eigenvalue weighted by Crippen LogP contribution is 2.31. The maximum atomic E-state index is 13.1. The summed E-state index contributed by atoms with van der Waals surface area (Å²) in [6.45, 7) is 1.17. The molecule has 2 atom stereocenters. The van der Waals surface area contributed by atoms with Crippen LogP contribution in [-0.2, 0) is 4.74 Å². The Bertz CT molecular complexity index is 893. The van der Waals surface area contributed by atoms with E-state index in [0.29, 0.717) is 24.7 Å². The molecule has 7 nitrogen and oxygen atoms in total. The number of benzene rings is 1. The standard InChI is InChI=1S/C21H20N4O3/c26-21(17-14-22-10-11-23-17)25-12-13-27-18(15-28-19-8-4-5-9-24-19)20(25)16-6-2-1-3-7-16/h1-11,14,18,20H,12-13,15H2/t18-,20-/m0/s1. The van der Waals surface area contributed by atoms with Crippen LogP contribution in [0.1, 0.15) is 22.1 Å². The van der Waals surface area contributed by atoms with Gasteiger partial charge in [-0.25, -0.2) is 9.97 Å². The smallest absolute Gasteiger partial charge is 0.274 e. The summed E-state index contributed by atoms with van der Waals surface area (Å²) in [7, 11) is 0. The van der Waals surface area contributed by atoms with E-state index in [-0.39, 0.29) is 24.7 Å². The Labute approximate surface area is 163 Å². The molecule has 0 spiro atoms. The molecule has 1 aromatic carbocycles. The molecule has 0 bridgehead atoms. The van der Waals surface area contributed by atoms with Gasteiger partial charge < -0.3 is 14.4 Å². The predicted molar refractivity (Wildman–Crippen MR) is 102 cm³/mol. The molecule has 1 aliphatic heterocycles. The molecule has 3 heterocycles. The van der Waals surface area contributed by atoms with Crippen LogP contribution < -0.4 is 4.74 Å². The number of nitrogens with zero attached hydrogens (tertiary/aromatic N) is 4. The maximum Gasteiger partial charge on any atom is 0.274 e. The van der Waals surface area contributed by atoms with Gasteiger partial charge in [0, 0.05) is 31.2 Å². The maximum absolute atomic E-state index is 13.1. The topological polar surface area (TPSA) is 77.4 Å². The predicted octanol–water partition coefficient (Wildman–Crippen LogP) is 2.53. The molecule has 0 aliphatic carbocycles. The summed E-state index contributed by atoms with van der Waals surface area (Å²) in [5.41, 5.74) is 1.30. The summed E-state index contributed by atoms with van der Waals surface area (Å²) >= 11 is 0. The summed E-state index contributed by atoms with van der Waals surface area (Å²) in [5, 5.41) is 0. The Morgan fingerprint density at radius 3 is 2.68 bits per heavy atom. The second kappa shape index (κ2) is 8.58. The quantitative estimate of drug-likeness (QED) is 0.681. The summed E-state index contributed by atoms with van der Waals surface area (Å²) in [5.74, 6) is 0.350. The number of aromatic nitrogens is 3. The van der Waals surface area contributed by atoms with Crippen LogP contribution in [0, 0.1) is 0 Å². The van der Waals surface area contributed by atoms with Crippen LogP contribution in [0.3, 0.4) is 0 Å². The Morgan fingerprint density at radius 2 is 1.93 bits per heavy atom. The molecule has 0 radical (unpaired) electrons. The monoisotopic (exact) mass is 376 g/mol. The van der Waals surface area contributed by atoms with Crippen molar-refractivity contribution in [3.8, 4) is 5.88 Å². The van der Waals surface area contributed by atoms with E-state index in [9.17, 15) is 4.79 Å². The van der Waals surface area contributed by atoms with Crippen LogP contribution in [-0.4, -0.2) is 51.6 Å². The molecule has 28 heavy (non-hydrogen) atoms. The van der Waals surface area contributed by atoms with Gasteiger partial charge in [-0.15, -0.1) is 0 Å². The highest BCUT2D eigenvalue weighted by atomic mass is 16.5. The zero-order chi connectivity index (χ0) is 19.2. The first kappa shape index (κ1) is 18.1. The van der Waals surface area contributed by atoms with Gasteiger partial charge in [-0.3, -0.25) is 9.78 Å². The van der Waals surface area contributed by atoms with E-state index in [0.717, 1.165) is 5.56 Å². The van der Waals surface area contributed by atoms with Crippen LogP contribution in [0.15, 0.2) is 73.3 Å². The van der Waals surface area contributed by atoms with E-state index in [4.69, 9.17) is 9.47 Å². The highest BCUT2D eigenvalue weighted by Gasteiger charge is 2.37. The minimum Gasteiger partial charge on any atom is -0.475 e. The van der Waals surface area contributed by atoms with Crippen LogP contribution in [0.25, 0.3) is 0 Å². The van der Waals surface area contributed by atoms with Gasteiger partial charge in [-0.2, -0.15) is 0 Å². The average Bonchev–Trinajstić information content (AvgIpc) is 2.79. The van der Waals surface area contributed by atoms with Crippen LogP contribution in [0.5, 0.6) is 5.88 Å². The largest absolute Gasteiger partial charge is 0.475 e. The van der Waals surface area contributed by atoms with Crippen molar-refractivity contribution in [2.75, 3.05) is 19.8 Å². The molecule has 0 saturated carbocycles. The van der Waals surface area contributed by atoms with Gasteiger partial charge in [-0.1, -0.05) is 36.4 Å². The summed E-state index contributed by atoms with van der Waals surface area (Å²) in [4.78, 5) is 27.3. The lowest BCUT2D eigenvalue weighted by Gasteiger charge is -2.41. The molecular formula is C21H20N4O3. The fourth-order valence-corrected chi connectivity index (χ4v) is 3.30. The SMILES string of the molecule is O=C(c1cnccn1)N1CCO[C@@H](COc2ccccn2)[C@@H]1c1ccccc1. The normalized spacial score (nSPS) is 19.2. The number of hydrogen-bond donors (Lipinski definition) is 0. The van der Waals surface area contributed by atoms with E-state index < -0.39 is 0 Å². The highest BCUT2D eigenvalue weighted by molar-refractivity contribution is 5.92. The number of carbonyl (C=O) groups excluding carboxylic acids is 1. The third kappa shape index (κ3) is 3.99. The molecule has 0 unspecified atom stereocenters. The van der Waals surface area contributed by atoms with Crippen LogP contribution >= 0.6 is 0 Å². The van der Waals surface area contributed by atoms with Crippen molar-refractivity contribution in [1.29, 1.82) is 0 Å².